The summed E-state index contributed by atoms with van der Waals surface area (Å²) in [7, 11) is -4.38. The van der Waals surface area contributed by atoms with Gasteiger partial charge in [0.1, 0.15) is 21.0 Å². The summed E-state index contributed by atoms with van der Waals surface area (Å²) in [6.45, 7) is 22.9. The average molecular weight is 687 g/mol. The maximum absolute atomic E-state index is 10.4. The smallest absolute Gasteiger partial charge is 0.172 e. The van der Waals surface area contributed by atoms with E-state index in [9.17, 15) is 13.0 Å². The van der Waals surface area contributed by atoms with Gasteiger partial charge in [-0.1, -0.05) is 116 Å². The van der Waals surface area contributed by atoms with Gasteiger partial charge in [-0.05, 0) is 93.5 Å². The molecule has 260 valence electrons. The molecule has 0 amide bonds. The molecule has 4 aromatic carbocycles. The highest BCUT2D eigenvalue weighted by molar-refractivity contribution is 7.97. The molecule has 0 fully saturated rings. The van der Waals surface area contributed by atoms with Gasteiger partial charge in [0, 0.05) is 33.4 Å². The maximum atomic E-state index is 10.4. The standard InChI is InChI=1S/C36H51S.C7H8O3S/c1-10-25-19-28(13-4)34(29(14-5)20-25)37(35-30(15-6)21-26(11-2)22-31(35)16-7)36-32(17-8)23-27(12-3)24-33(36)18-9;1-6-2-4-7(5-3-6)11(8,9)10/h19-24H,10-18H2,1-9H3;2-5H,1H3,(H,8,9,10)/q+1;/p-1. The van der Waals surface area contributed by atoms with E-state index in [2.05, 4.69) is 98.7 Å². The number of hydrogen-bond acceptors (Lipinski definition) is 3. The largest absolute Gasteiger partial charge is 0.744 e. The van der Waals surface area contributed by atoms with Gasteiger partial charge in [0.25, 0.3) is 0 Å². The van der Waals surface area contributed by atoms with Crippen molar-refractivity contribution in [3.05, 3.63) is 116 Å². The molecule has 0 heterocycles. The first-order chi connectivity index (χ1) is 22.9. The van der Waals surface area contributed by atoms with Crippen LogP contribution in [0.15, 0.2) is 80.2 Å². The minimum absolute atomic E-state index is 0.114. The second-order valence-corrected chi connectivity index (χ2v) is 15.7. The van der Waals surface area contributed by atoms with Crippen molar-refractivity contribution in [1.82, 2.24) is 0 Å². The van der Waals surface area contributed by atoms with Crippen LogP contribution in [0.3, 0.4) is 0 Å². The predicted octanol–water partition coefficient (Wildman–Crippen LogP) is 10.7. The van der Waals surface area contributed by atoms with Crippen LogP contribution in [0.5, 0.6) is 0 Å². The molecule has 0 saturated heterocycles. The highest BCUT2D eigenvalue weighted by Crippen LogP contribution is 2.44. The van der Waals surface area contributed by atoms with E-state index >= 15 is 0 Å². The molecule has 0 aromatic heterocycles. The minimum atomic E-state index is -4.27. The number of aryl methyl sites for hydroxylation is 10. The van der Waals surface area contributed by atoms with Crippen LogP contribution in [-0.4, -0.2) is 13.0 Å². The fraction of sp³-hybridized carbons (Fsp3) is 0.442. The Kier molecular flexibility index (Phi) is 15.0. The molecule has 0 atom stereocenters. The molecule has 48 heavy (non-hydrogen) atoms. The number of hydrogen-bond donors (Lipinski definition) is 0. The van der Waals surface area contributed by atoms with Crippen molar-refractivity contribution >= 4 is 21.0 Å². The zero-order valence-electron chi connectivity index (χ0n) is 31.2. The first-order valence-corrected chi connectivity index (χ1v) is 20.8. The fourth-order valence-corrected chi connectivity index (χ4v) is 10.3. The van der Waals surface area contributed by atoms with Gasteiger partial charge >= 0.3 is 0 Å². The Morgan fingerprint density at radius 3 is 0.896 bits per heavy atom. The van der Waals surface area contributed by atoms with Crippen LogP contribution in [0.1, 0.15) is 118 Å². The highest BCUT2D eigenvalue weighted by Gasteiger charge is 2.40. The Hall–Kier alpha value is -2.86. The lowest BCUT2D eigenvalue weighted by Crippen LogP contribution is -2.19. The molecule has 0 saturated carbocycles. The fourth-order valence-electron chi connectivity index (χ4n) is 6.47. The summed E-state index contributed by atoms with van der Waals surface area (Å²) in [5.74, 6) is 0. The Morgan fingerprint density at radius 2 is 0.708 bits per heavy atom. The molecular formula is C43H58O3S2. The second-order valence-electron chi connectivity index (χ2n) is 12.5. The second kappa shape index (κ2) is 18.2. The lowest BCUT2D eigenvalue weighted by molar-refractivity contribution is 0.463. The first kappa shape index (κ1) is 39.6. The van der Waals surface area contributed by atoms with Crippen LogP contribution in [0.2, 0.25) is 0 Å². The lowest BCUT2D eigenvalue weighted by Gasteiger charge is -2.24. The van der Waals surface area contributed by atoms with Gasteiger partial charge in [-0.3, -0.25) is 0 Å². The van der Waals surface area contributed by atoms with Gasteiger partial charge in [-0.15, -0.1) is 0 Å². The summed E-state index contributed by atoms with van der Waals surface area (Å²) < 4.78 is 31.2. The van der Waals surface area contributed by atoms with Crippen LogP contribution in [-0.2, 0) is 78.8 Å². The summed E-state index contributed by atoms with van der Waals surface area (Å²) in [4.78, 5) is 4.71. The third-order valence-electron chi connectivity index (χ3n) is 9.34. The molecule has 5 heteroatoms. The molecule has 0 radical (unpaired) electrons. The van der Waals surface area contributed by atoms with E-state index in [0.717, 1.165) is 63.4 Å². The van der Waals surface area contributed by atoms with Crippen LogP contribution in [0, 0.1) is 6.92 Å². The summed E-state index contributed by atoms with van der Waals surface area (Å²) in [6.07, 6.45) is 9.84. The van der Waals surface area contributed by atoms with E-state index in [0.29, 0.717) is 0 Å². The molecule has 3 nitrogen and oxygen atoms in total. The van der Waals surface area contributed by atoms with E-state index in [-0.39, 0.29) is 15.8 Å². The zero-order chi connectivity index (χ0) is 35.6. The van der Waals surface area contributed by atoms with Crippen molar-refractivity contribution in [3.63, 3.8) is 0 Å². The van der Waals surface area contributed by atoms with Gasteiger partial charge in [0.15, 0.2) is 14.7 Å². The first-order valence-electron chi connectivity index (χ1n) is 18.1. The molecule has 0 unspecified atom stereocenters. The van der Waals surface area contributed by atoms with Crippen LogP contribution in [0.4, 0.5) is 0 Å². The van der Waals surface area contributed by atoms with E-state index in [1.165, 1.54) is 28.8 Å². The van der Waals surface area contributed by atoms with Gasteiger partial charge in [-0.2, -0.15) is 0 Å². The Morgan fingerprint density at radius 1 is 0.458 bits per heavy atom. The van der Waals surface area contributed by atoms with Gasteiger partial charge in [-0.25, -0.2) is 8.42 Å². The van der Waals surface area contributed by atoms with E-state index in [4.69, 9.17) is 0 Å². The lowest BCUT2D eigenvalue weighted by atomic mass is 10.00. The molecule has 0 spiro atoms. The van der Waals surface area contributed by atoms with E-state index in [1.54, 1.807) is 60.2 Å². The van der Waals surface area contributed by atoms with Crippen molar-refractivity contribution < 1.29 is 13.0 Å². The molecule has 4 aromatic rings. The topological polar surface area (TPSA) is 57.2 Å². The van der Waals surface area contributed by atoms with Crippen molar-refractivity contribution in [2.45, 2.75) is 147 Å². The Balaban J connectivity index is 0.000000480. The summed E-state index contributed by atoms with van der Waals surface area (Å²) in [6, 6.07) is 21.0. The average Bonchev–Trinajstić information content (AvgIpc) is 3.11. The van der Waals surface area contributed by atoms with E-state index in [1.807, 2.05) is 6.92 Å². The Bertz CT molecular complexity index is 1540. The molecule has 0 aliphatic rings. The summed E-state index contributed by atoms with van der Waals surface area (Å²) >= 11 is 0. The van der Waals surface area contributed by atoms with Crippen LogP contribution in [0.25, 0.3) is 0 Å². The normalized spacial score (nSPS) is 11.5. The minimum Gasteiger partial charge on any atom is -0.744 e. The predicted molar refractivity (Wildman–Crippen MR) is 205 cm³/mol. The maximum Gasteiger partial charge on any atom is 0.172 e. The molecule has 0 bridgehead atoms. The van der Waals surface area contributed by atoms with Gasteiger partial charge in [0.2, 0.25) is 0 Å². The van der Waals surface area contributed by atoms with Crippen molar-refractivity contribution in [3.8, 4) is 0 Å². The molecule has 4 rings (SSSR count). The third-order valence-corrected chi connectivity index (χ3v) is 13.0. The molecule has 0 aliphatic carbocycles. The number of rotatable bonds is 13. The molecular weight excluding hydrogens is 629 g/mol. The Labute approximate surface area is 295 Å². The van der Waals surface area contributed by atoms with E-state index < -0.39 is 10.1 Å². The third kappa shape index (κ3) is 9.22. The van der Waals surface area contributed by atoms with Crippen molar-refractivity contribution in [2.24, 2.45) is 0 Å². The highest BCUT2D eigenvalue weighted by atomic mass is 32.2. The SMILES string of the molecule is CCc1cc(CC)c([S+](c2c(CC)cc(CC)cc2CC)c2c(CC)cc(CC)cc2CC)c(CC)c1.Cc1ccc(S(=O)(=O)[O-])cc1. The monoisotopic (exact) mass is 686 g/mol. The number of benzene rings is 4. The molecule has 0 N–H and O–H groups in total. The van der Waals surface area contributed by atoms with Crippen molar-refractivity contribution in [2.75, 3.05) is 0 Å². The quantitative estimate of drug-likeness (QED) is 0.104. The van der Waals surface area contributed by atoms with Gasteiger partial charge in [0.05, 0.1) is 4.90 Å². The van der Waals surface area contributed by atoms with Crippen molar-refractivity contribution in [1.29, 1.82) is 0 Å². The van der Waals surface area contributed by atoms with Crippen LogP contribution < -0.4 is 0 Å². The molecule has 0 aliphatic heterocycles. The van der Waals surface area contributed by atoms with Gasteiger partial charge < -0.3 is 4.55 Å². The zero-order valence-corrected chi connectivity index (χ0v) is 32.8. The van der Waals surface area contributed by atoms with Crippen LogP contribution >= 0.6 is 0 Å². The summed E-state index contributed by atoms with van der Waals surface area (Å²) in [5.41, 5.74) is 14.8. The summed E-state index contributed by atoms with van der Waals surface area (Å²) in [5, 5.41) is 0.